The van der Waals surface area contributed by atoms with Gasteiger partial charge in [-0.2, -0.15) is 4.98 Å². The van der Waals surface area contributed by atoms with Crippen LogP contribution in [0, 0.1) is 0 Å². The second kappa shape index (κ2) is 7.09. The molecule has 1 aliphatic rings. The van der Waals surface area contributed by atoms with Crippen LogP contribution in [0.5, 0.6) is 0 Å². The van der Waals surface area contributed by atoms with Gasteiger partial charge in [0.05, 0.1) is 16.5 Å². The number of nitrogens with zero attached hydrogens (tertiary/aromatic N) is 3. The maximum absolute atomic E-state index is 12.5. The lowest BCUT2D eigenvalue weighted by atomic mass is 9.98. The summed E-state index contributed by atoms with van der Waals surface area (Å²) in [5.41, 5.74) is 1.58. The van der Waals surface area contributed by atoms with Gasteiger partial charge in [0.25, 0.3) is 5.91 Å². The zero-order valence-corrected chi connectivity index (χ0v) is 15.2. The zero-order valence-electron chi connectivity index (χ0n) is 13.7. The van der Waals surface area contributed by atoms with Gasteiger partial charge in [-0.05, 0) is 23.8 Å². The highest BCUT2D eigenvalue weighted by atomic mass is 35.5. The van der Waals surface area contributed by atoms with Gasteiger partial charge >= 0.3 is 0 Å². The van der Waals surface area contributed by atoms with Gasteiger partial charge in [0.1, 0.15) is 0 Å². The maximum atomic E-state index is 12.5. The van der Waals surface area contributed by atoms with Crippen molar-refractivity contribution in [3.63, 3.8) is 0 Å². The Kier molecular flexibility index (Phi) is 4.66. The Hall–Kier alpha value is -2.37. The molecule has 0 spiro atoms. The molecular weight excluding hydrogens is 373 g/mol. The maximum Gasteiger partial charge on any atom is 0.255 e. The number of carbonyl (C=O) groups excluding carboxylic acids is 1. The summed E-state index contributed by atoms with van der Waals surface area (Å²) in [6, 6.07) is 14.9. The lowest BCUT2D eigenvalue weighted by molar-refractivity contribution is 0.0569. The number of hydrogen-bond donors (Lipinski definition) is 0. The van der Waals surface area contributed by atoms with Crippen LogP contribution in [0.3, 0.4) is 0 Å². The van der Waals surface area contributed by atoms with Gasteiger partial charge in [-0.25, -0.2) is 0 Å². The highest BCUT2D eigenvalue weighted by Crippen LogP contribution is 2.30. The van der Waals surface area contributed by atoms with E-state index in [1.165, 1.54) is 0 Å². The van der Waals surface area contributed by atoms with Gasteiger partial charge < -0.3 is 9.42 Å². The summed E-state index contributed by atoms with van der Waals surface area (Å²) in [5.74, 6) is 1.16. The lowest BCUT2D eigenvalue weighted by Gasteiger charge is -2.37. The number of hydrogen-bond acceptors (Lipinski definition) is 4. The van der Waals surface area contributed by atoms with Crippen molar-refractivity contribution in [3.8, 4) is 0 Å². The molecule has 0 unspecified atom stereocenters. The van der Waals surface area contributed by atoms with Gasteiger partial charge in [-0.1, -0.05) is 58.7 Å². The first kappa shape index (κ1) is 17.1. The van der Waals surface area contributed by atoms with Crippen LogP contribution in [0.25, 0.3) is 0 Å². The Labute approximate surface area is 160 Å². The van der Waals surface area contributed by atoms with Crippen LogP contribution < -0.4 is 0 Å². The van der Waals surface area contributed by atoms with Gasteiger partial charge in [-0.15, -0.1) is 0 Å². The van der Waals surface area contributed by atoms with Crippen LogP contribution in [-0.4, -0.2) is 34.0 Å². The largest absolute Gasteiger partial charge is 0.339 e. The Morgan fingerprint density at radius 3 is 2.65 bits per heavy atom. The van der Waals surface area contributed by atoms with E-state index in [0.717, 1.165) is 5.56 Å². The van der Waals surface area contributed by atoms with E-state index in [9.17, 15) is 4.79 Å². The summed E-state index contributed by atoms with van der Waals surface area (Å²) >= 11 is 12.0. The van der Waals surface area contributed by atoms with Crippen LogP contribution in [0.1, 0.15) is 33.6 Å². The van der Waals surface area contributed by atoms with Crippen molar-refractivity contribution in [2.45, 2.75) is 12.3 Å². The van der Waals surface area contributed by atoms with E-state index < -0.39 is 0 Å². The monoisotopic (exact) mass is 387 g/mol. The van der Waals surface area contributed by atoms with Crippen molar-refractivity contribution in [1.29, 1.82) is 0 Å². The van der Waals surface area contributed by atoms with E-state index in [4.69, 9.17) is 27.7 Å². The minimum atomic E-state index is -0.119. The van der Waals surface area contributed by atoms with Crippen molar-refractivity contribution < 1.29 is 9.32 Å². The molecule has 0 radical (unpaired) electrons. The summed E-state index contributed by atoms with van der Waals surface area (Å²) in [7, 11) is 0. The second-order valence-corrected chi connectivity index (χ2v) is 7.09. The molecule has 1 aromatic heterocycles. The molecule has 1 amide bonds. The van der Waals surface area contributed by atoms with Gasteiger partial charge in [-0.3, -0.25) is 4.79 Å². The molecule has 0 bridgehead atoms. The molecule has 7 heteroatoms. The molecule has 0 N–H and O–H groups in total. The minimum Gasteiger partial charge on any atom is -0.339 e. The number of aromatic nitrogens is 2. The van der Waals surface area contributed by atoms with Crippen molar-refractivity contribution in [2.75, 3.05) is 13.1 Å². The summed E-state index contributed by atoms with van der Waals surface area (Å²) < 4.78 is 5.37. The zero-order chi connectivity index (χ0) is 18.1. The minimum absolute atomic E-state index is 0.0575. The fraction of sp³-hybridized carbons (Fsp3) is 0.211. The highest BCUT2D eigenvalue weighted by Gasteiger charge is 2.36. The fourth-order valence-corrected chi connectivity index (χ4v) is 3.41. The quantitative estimate of drug-likeness (QED) is 0.672. The molecule has 0 atom stereocenters. The lowest BCUT2D eigenvalue weighted by Crippen LogP contribution is -2.48. The highest BCUT2D eigenvalue weighted by molar-refractivity contribution is 6.36. The van der Waals surface area contributed by atoms with Crippen LogP contribution in [0.4, 0.5) is 0 Å². The third kappa shape index (κ3) is 3.45. The van der Waals surface area contributed by atoms with E-state index in [2.05, 4.69) is 10.1 Å². The van der Waals surface area contributed by atoms with Gasteiger partial charge in [0, 0.05) is 24.5 Å². The fourth-order valence-electron chi connectivity index (χ4n) is 2.92. The Morgan fingerprint density at radius 2 is 1.92 bits per heavy atom. The molecule has 3 aromatic rings. The third-order valence-electron chi connectivity index (χ3n) is 4.37. The van der Waals surface area contributed by atoms with Crippen molar-refractivity contribution in [2.24, 2.45) is 0 Å². The van der Waals surface area contributed by atoms with E-state index in [0.29, 0.717) is 46.8 Å². The Morgan fingerprint density at radius 1 is 1.15 bits per heavy atom. The summed E-state index contributed by atoms with van der Waals surface area (Å²) in [5, 5.41) is 4.90. The molecule has 4 rings (SSSR count). The molecule has 1 aliphatic heterocycles. The molecule has 2 aromatic carbocycles. The van der Waals surface area contributed by atoms with E-state index >= 15 is 0 Å². The van der Waals surface area contributed by atoms with E-state index in [1.807, 2.05) is 30.3 Å². The van der Waals surface area contributed by atoms with Crippen LogP contribution in [-0.2, 0) is 6.42 Å². The molecule has 0 saturated carbocycles. The molecular formula is C19H15Cl2N3O2. The molecule has 1 fully saturated rings. The van der Waals surface area contributed by atoms with Gasteiger partial charge in [0.2, 0.25) is 5.89 Å². The van der Waals surface area contributed by atoms with Crippen molar-refractivity contribution in [1.82, 2.24) is 15.0 Å². The number of likely N-dealkylation sites (tertiary alicyclic amines) is 1. The summed E-state index contributed by atoms with van der Waals surface area (Å²) in [6.07, 6.45) is 0.625. The normalized spacial score (nSPS) is 14.3. The van der Waals surface area contributed by atoms with Crippen LogP contribution in [0.2, 0.25) is 10.0 Å². The predicted molar refractivity (Wildman–Crippen MR) is 98.7 cm³/mol. The van der Waals surface area contributed by atoms with Crippen molar-refractivity contribution in [3.05, 3.63) is 81.4 Å². The average Bonchev–Trinajstić information content (AvgIpc) is 3.02. The molecule has 5 nitrogen and oxygen atoms in total. The van der Waals surface area contributed by atoms with E-state index in [1.54, 1.807) is 23.1 Å². The first-order chi connectivity index (χ1) is 12.6. The first-order valence-electron chi connectivity index (χ1n) is 8.21. The first-order valence-corrected chi connectivity index (χ1v) is 8.96. The topological polar surface area (TPSA) is 59.2 Å². The Bertz CT molecular complexity index is 937. The predicted octanol–water partition coefficient (Wildman–Crippen LogP) is 4.21. The van der Waals surface area contributed by atoms with E-state index in [-0.39, 0.29) is 11.8 Å². The van der Waals surface area contributed by atoms with Gasteiger partial charge in [0.15, 0.2) is 5.82 Å². The summed E-state index contributed by atoms with van der Waals surface area (Å²) in [6.45, 7) is 1.06. The number of benzene rings is 2. The second-order valence-electron chi connectivity index (χ2n) is 6.24. The van der Waals surface area contributed by atoms with Crippen molar-refractivity contribution >= 4 is 29.1 Å². The molecule has 0 aliphatic carbocycles. The van der Waals surface area contributed by atoms with Crippen LogP contribution >= 0.6 is 23.2 Å². The molecule has 26 heavy (non-hydrogen) atoms. The number of halogens is 2. The Balaban J connectivity index is 1.38. The smallest absolute Gasteiger partial charge is 0.255 e. The SMILES string of the molecule is O=C(c1ccc(Cl)cc1Cl)N1CC(c2nc(Cc3ccccc3)no2)C1. The average molecular weight is 388 g/mol. The third-order valence-corrected chi connectivity index (χ3v) is 4.92. The molecule has 132 valence electrons. The number of amides is 1. The molecule has 2 heterocycles. The van der Waals surface area contributed by atoms with Crippen LogP contribution in [0.15, 0.2) is 53.1 Å². The summed E-state index contributed by atoms with van der Waals surface area (Å²) in [4.78, 5) is 18.7. The standard InChI is InChI=1S/C19H15Cl2N3O2/c20-14-6-7-15(16(21)9-14)19(25)24-10-13(11-24)18-22-17(23-26-18)8-12-4-2-1-3-5-12/h1-7,9,13H,8,10-11H2. The number of rotatable bonds is 4. The molecule has 1 saturated heterocycles. The number of carbonyl (C=O) groups is 1.